The number of thioether (sulfide) groups is 1. The van der Waals surface area contributed by atoms with E-state index in [0.717, 1.165) is 11.3 Å². The molecule has 2 rings (SSSR count). The molecule has 1 aliphatic rings. The second kappa shape index (κ2) is 6.06. The van der Waals surface area contributed by atoms with E-state index >= 15 is 0 Å². The maximum atomic E-state index is 11.7. The van der Waals surface area contributed by atoms with Crippen molar-refractivity contribution in [2.75, 3.05) is 12.3 Å². The average molecular weight is 280 g/mol. The summed E-state index contributed by atoms with van der Waals surface area (Å²) in [4.78, 5) is 27.7. The number of hydrogen-bond donors (Lipinski definition) is 2. The van der Waals surface area contributed by atoms with Gasteiger partial charge in [0.2, 0.25) is 5.91 Å². The predicted molar refractivity (Wildman–Crippen MR) is 71.9 cm³/mol. The normalized spacial score (nSPS) is 16.4. The average Bonchev–Trinajstić information content (AvgIpc) is 2.36. The highest BCUT2D eigenvalue weighted by molar-refractivity contribution is 8.00. The van der Waals surface area contributed by atoms with Crippen molar-refractivity contribution in [2.24, 2.45) is 5.41 Å². The molecule has 19 heavy (non-hydrogen) atoms. The number of carboxylic acid groups (broad SMARTS) is 1. The maximum Gasteiger partial charge on any atom is 0.311 e. The zero-order valence-corrected chi connectivity index (χ0v) is 11.3. The Balaban J connectivity index is 1.74. The van der Waals surface area contributed by atoms with Crippen LogP contribution in [0.3, 0.4) is 0 Å². The summed E-state index contributed by atoms with van der Waals surface area (Å²) < 4.78 is 0. The fourth-order valence-corrected chi connectivity index (χ4v) is 2.69. The molecule has 1 fully saturated rings. The summed E-state index contributed by atoms with van der Waals surface area (Å²) in [7, 11) is 0. The fraction of sp³-hybridized carbons (Fsp3) is 0.462. The number of nitrogens with zero attached hydrogens (tertiary/aromatic N) is 1. The molecule has 5 nitrogen and oxygen atoms in total. The van der Waals surface area contributed by atoms with Crippen LogP contribution in [0.4, 0.5) is 0 Å². The lowest BCUT2D eigenvalue weighted by atomic mass is 9.69. The highest BCUT2D eigenvalue weighted by Crippen LogP contribution is 2.40. The van der Waals surface area contributed by atoms with Crippen molar-refractivity contribution < 1.29 is 14.7 Å². The topological polar surface area (TPSA) is 79.3 Å². The molecule has 1 aromatic heterocycles. The number of pyridine rings is 1. The van der Waals surface area contributed by atoms with Crippen LogP contribution in [0.1, 0.15) is 19.3 Å². The number of hydrogen-bond acceptors (Lipinski definition) is 4. The van der Waals surface area contributed by atoms with E-state index in [1.54, 1.807) is 12.4 Å². The van der Waals surface area contributed by atoms with Crippen molar-refractivity contribution in [1.29, 1.82) is 0 Å². The minimum atomic E-state index is -0.805. The van der Waals surface area contributed by atoms with Crippen molar-refractivity contribution in [3.8, 4) is 0 Å². The maximum absolute atomic E-state index is 11.7. The van der Waals surface area contributed by atoms with Crippen molar-refractivity contribution >= 4 is 23.6 Å². The van der Waals surface area contributed by atoms with Gasteiger partial charge in [0.05, 0.1) is 11.2 Å². The third-order valence-corrected chi connectivity index (χ3v) is 4.42. The first kappa shape index (κ1) is 13.9. The third-order valence-electron chi connectivity index (χ3n) is 3.41. The Bertz CT molecular complexity index is 460. The number of nitrogens with one attached hydrogen (secondary N) is 1. The number of rotatable bonds is 6. The van der Waals surface area contributed by atoms with Gasteiger partial charge in [0.25, 0.3) is 0 Å². The van der Waals surface area contributed by atoms with E-state index in [4.69, 9.17) is 5.11 Å². The standard InChI is InChI=1S/C13H16N2O3S/c16-11(8-19-10-2-6-14-7-3-10)15-9-13(12(17)18)4-1-5-13/h2-3,6-7H,1,4-5,8-9H2,(H,15,16)(H,17,18). The van der Waals surface area contributed by atoms with E-state index in [-0.39, 0.29) is 12.5 Å². The molecule has 0 unspecified atom stereocenters. The summed E-state index contributed by atoms with van der Waals surface area (Å²) in [5.41, 5.74) is -0.725. The molecule has 0 saturated heterocycles. The van der Waals surface area contributed by atoms with Gasteiger partial charge < -0.3 is 10.4 Å². The molecule has 2 N–H and O–H groups in total. The molecule has 102 valence electrons. The Kier molecular flexibility index (Phi) is 4.42. The van der Waals surface area contributed by atoms with Crippen LogP contribution in [-0.2, 0) is 9.59 Å². The number of aliphatic carboxylic acids is 1. The molecule has 0 aliphatic heterocycles. The lowest BCUT2D eigenvalue weighted by molar-refractivity contribution is -0.154. The zero-order chi connectivity index (χ0) is 13.7. The van der Waals surface area contributed by atoms with Crippen molar-refractivity contribution in [3.63, 3.8) is 0 Å². The van der Waals surface area contributed by atoms with E-state index in [9.17, 15) is 9.59 Å². The van der Waals surface area contributed by atoms with Crippen LogP contribution in [0.2, 0.25) is 0 Å². The first-order chi connectivity index (χ1) is 9.12. The number of carbonyl (C=O) groups excluding carboxylic acids is 1. The van der Waals surface area contributed by atoms with Crippen LogP contribution >= 0.6 is 11.8 Å². The van der Waals surface area contributed by atoms with Crippen LogP contribution in [0.15, 0.2) is 29.4 Å². The van der Waals surface area contributed by atoms with Gasteiger partial charge in [-0.05, 0) is 25.0 Å². The second-order valence-corrected chi connectivity index (χ2v) is 5.74. The first-order valence-electron chi connectivity index (χ1n) is 6.15. The SMILES string of the molecule is O=C(CSc1ccncc1)NCC1(C(=O)O)CCC1. The molecule has 1 amide bonds. The summed E-state index contributed by atoms with van der Waals surface area (Å²) in [6, 6.07) is 3.67. The molecule has 0 spiro atoms. The molecule has 1 aromatic rings. The van der Waals surface area contributed by atoms with Gasteiger partial charge in [-0.2, -0.15) is 0 Å². The van der Waals surface area contributed by atoms with Gasteiger partial charge in [-0.3, -0.25) is 14.6 Å². The molecule has 0 radical (unpaired) electrons. The van der Waals surface area contributed by atoms with Gasteiger partial charge in [-0.1, -0.05) is 6.42 Å². The van der Waals surface area contributed by atoms with E-state index in [1.807, 2.05) is 12.1 Å². The summed E-state index contributed by atoms with van der Waals surface area (Å²) >= 11 is 1.41. The van der Waals surface area contributed by atoms with E-state index in [2.05, 4.69) is 10.3 Å². The Labute approximate surface area is 115 Å². The number of aromatic nitrogens is 1. The largest absolute Gasteiger partial charge is 0.481 e. The quantitative estimate of drug-likeness (QED) is 0.773. The molecule has 1 aliphatic carbocycles. The highest BCUT2D eigenvalue weighted by Gasteiger charge is 2.44. The van der Waals surface area contributed by atoms with Crippen LogP contribution in [0, 0.1) is 5.41 Å². The van der Waals surface area contributed by atoms with E-state index < -0.39 is 11.4 Å². The molecule has 0 atom stereocenters. The molecule has 1 heterocycles. The van der Waals surface area contributed by atoms with Gasteiger partial charge in [0.1, 0.15) is 0 Å². The predicted octanol–water partition coefficient (Wildman–Crippen LogP) is 1.54. The highest BCUT2D eigenvalue weighted by atomic mass is 32.2. The van der Waals surface area contributed by atoms with Crippen LogP contribution in [0.25, 0.3) is 0 Å². The first-order valence-corrected chi connectivity index (χ1v) is 7.14. The monoisotopic (exact) mass is 280 g/mol. The van der Waals surface area contributed by atoms with Gasteiger partial charge in [-0.25, -0.2) is 0 Å². The number of carbonyl (C=O) groups is 2. The fourth-order valence-electron chi connectivity index (χ4n) is 1.97. The lowest BCUT2D eigenvalue weighted by Gasteiger charge is -2.37. The molecular formula is C13H16N2O3S. The molecule has 0 aromatic carbocycles. The van der Waals surface area contributed by atoms with E-state index in [0.29, 0.717) is 18.6 Å². The van der Waals surface area contributed by atoms with Gasteiger partial charge >= 0.3 is 5.97 Å². The molecule has 1 saturated carbocycles. The zero-order valence-electron chi connectivity index (χ0n) is 10.5. The van der Waals surface area contributed by atoms with Crippen molar-refractivity contribution in [2.45, 2.75) is 24.2 Å². The Morgan fingerprint density at radius 1 is 1.37 bits per heavy atom. The summed E-state index contributed by atoms with van der Waals surface area (Å²) in [5.74, 6) is -0.644. The summed E-state index contributed by atoms with van der Waals surface area (Å²) in [6.07, 6.45) is 5.58. The Morgan fingerprint density at radius 3 is 2.58 bits per heavy atom. The van der Waals surface area contributed by atoms with Crippen LogP contribution in [-0.4, -0.2) is 34.3 Å². The van der Waals surface area contributed by atoms with Gasteiger partial charge in [0, 0.05) is 23.8 Å². The molecular weight excluding hydrogens is 264 g/mol. The summed E-state index contributed by atoms with van der Waals surface area (Å²) in [6.45, 7) is 0.234. The van der Waals surface area contributed by atoms with E-state index in [1.165, 1.54) is 11.8 Å². The minimum absolute atomic E-state index is 0.130. The smallest absolute Gasteiger partial charge is 0.311 e. The van der Waals surface area contributed by atoms with Crippen LogP contribution in [0.5, 0.6) is 0 Å². The third kappa shape index (κ3) is 3.47. The lowest BCUT2D eigenvalue weighted by Crippen LogP contribution is -2.47. The number of amides is 1. The minimum Gasteiger partial charge on any atom is -0.481 e. The van der Waals surface area contributed by atoms with Crippen molar-refractivity contribution in [1.82, 2.24) is 10.3 Å². The van der Waals surface area contributed by atoms with Gasteiger partial charge in [-0.15, -0.1) is 11.8 Å². The Hall–Kier alpha value is -1.56. The van der Waals surface area contributed by atoms with Crippen LogP contribution < -0.4 is 5.32 Å². The summed E-state index contributed by atoms with van der Waals surface area (Å²) in [5, 5.41) is 11.9. The molecule has 0 bridgehead atoms. The second-order valence-electron chi connectivity index (χ2n) is 4.69. The Morgan fingerprint density at radius 2 is 2.05 bits per heavy atom. The number of carboxylic acids is 1. The van der Waals surface area contributed by atoms with Gasteiger partial charge in [0.15, 0.2) is 0 Å². The van der Waals surface area contributed by atoms with Crippen molar-refractivity contribution in [3.05, 3.63) is 24.5 Å². The molecule has 6 heteroatoms.